The van der Waals surface area contributed by atoms with Gasteiger partial charge < -0.3 is 0 Å². The summed E-state index contributed by atoms with van der Waals surface area (Å²) in [6.07, 6.45) is 16.2. The number of fused-ring (bicyclic) bond motifs is 4. The second-order valence-corrected chi connectivity index (χ2v) is 21.5. The third kappa shape index (κ3) is 9.79. The SMILES string of the molecule is CCCCCCCCCCS(=O)(=O)c1c(-c2c3ccccc3cc3ccccc23)sc(-c2c3ccccc3cc3ccccc23)c1S(=O)(=O)CCCCCCCCCC. The Kier molecular flexibility index (Phi) is 14.6. The predicted octanol–water partition coefficient (Wildman–Crippen LogP) is 15.5. The Morgan fingerprint density at radius 2 is 0.644 bits per heavy atom. The Hall–Kier alpha value is -4.04. The first kappa shape index (κ1) is 43.1. The van der Waals surface area contributed by atoms with Gasteiger partial charge in [-0.1, -0.05) is 201 Å². The minimum Gasteiger partial charge on any atom is -0.224 e. The largest absolute Gasteiger partial charge is 0.224 e. The van der Waals surface area contributed by atoms with E-state index < -0.39 is 19.7 Å². The minimum absolute atomic E-state index is 0.00136. The molecule has 0 saturated carbocycles. The smallest absolute Gasteiger partial charge is 0.181 e. The molecular weight excluding hydrogens is 785 g/mol. The fraction of sp³-hybridized carbons (Fsp3) is 0.385. The fourth-order valence-electron chi connectivity index (χ4n) is 8.87. The first-order valence-corrected chi connectivity index (χ1v) is 26.3. The molecule has 0 aliphatic heterocycles. The fourth-order valence-corrected chi connectivity index (χ4v) is 15.1. The number of hydrogen-bond acceptors (Lipinski definition) is 5. The molecule has 1 heterocycles. The zero-order valence-corrected chi connectivity index (χ0v) is 37.4. The minimum atomic E-state index is -4.10. The highest BCUT2D eigenvalue weighted by Gasteiger charge is 2.37. The Bertz CT molecular complexity index is 2450. The number of unbranched alkanes of at least 4 members (excludes halogenated alkanes) is 14. The van der Waals surface area contributed by atoms with Crippen molar-refractivity contribution in [3.05, 3.63) is 109 Å². The van der Waals surface area contributed by atoms with Gasteiger partial charge in [0, 0.05) is 11.1 Å². The maximum atomic E-state index is 15.4. The monoisotopic (exact) mass is 844 g/mol. The van der Waals surface area contributed by atoms with E-state index in [2.05, 4.69) is 50.2 Å². The van der Waals surface area contributed by atoms with E-state index in [-0.39, 0.29) is 21.3 Å². The van der Waals surface area contributed by atoms with E-state index in [4.69, 9.17) is 0 Å². The normalized spacial score (nSPS) is 12.4. The van der Waals surface area contributed by atoms with E-state index in [1.807, 2.05) is 72.8 Å². The Morgan fingerprint density at radius 3 is 0.949 bits per heavy atom. The van der Waals surface area contributed by atoms with Crippen molar-refractivity contribution in [3.8, 4) is 20.9 Å². The van der Waals surface area contributed by atoms with E-state index in [9.17, 15) is 0 Å². The summed E-state index contributed by atoms with van der Waals surface area (Å²) < 4.78 is 61.4. The first-order valence-electron chi connectivity index (χ1n) is 22.2. The summed E-state index contributed by atoms with van der Waals surface area (Å²) in [6.45, 7) is 4.42. The maximum Gasteiger partial charge on any atom is 0.181 e. The maximum absolute atomic E-state index is 15.4. The molecule has 0 amide bonds. The van der Waals surface area contributed by atoms with Crippen LogP contribution in [0.5, 0.6) is 0 Å². The lowest BCUT2D eigenvalue weighted by Gasteiger charge is -2.15. The van der Waals surface area contributed by atoms with Crippen LogP contribution >= 0.6 is 11.3 Å². The highest BCUT2D eigenvalue weighted by atomic mass is 32.2. The molecule has 0 N–H and O–H groups in total. The Morgan fingerprint density at radius 1 is 0.373 bits per heavy atom. The molecule has 0 radical (unpaired) electrons. The third-order valence-electron chi connectivity index (χ3n) is 12.0. The van der Waals surface area contributed by atoms with Crippen LogP contribution in [-0.4, -0.2) is 28.3 Å². The highest BCUT2D eigenvalue weighted by molar-refractivity contribution is 7.95. The number of hydrogen-bond donors (Lipinski definition) is 0. The van der Waals surface area contributed by atoms with Crippen LogP contribution < -0.4 is 0 Å². The predicted molar refractivity (Wildman–Crippen MR) is 255 cm³/mol. The molecular formula is C52H60O4S3. The van der Waals surface area contributed by atoms with E-state index >= 15 is 16.8 Å². The van der Waals surface area contributed by atoms with Crippen LogP contribution in [0.1, 0.15) is 117 Å². The lowest BCUT2D eigenvalue weighted by atomic mass is 9.95. The van der Waals surface area contributed by atoms with Gasteiger partial charge in [0.05, 0.1) is 21.3 Å². The Labute approximate surface area is 356 Å². The molecule has 0 aliphatic carbocycles. The third-order valence-corrected chi connectivity index (χ3v) is 17.3. The van der Waals surface area contributed by atoms with Crippen LogP contribution in [0.15, 0.2) is 119 Å². The van der Waals surface area contributed by atoms with Gasteiger partial charge in [-0.2, -0.15) is 0 Å². The summed E-state index contributed by atoms with van der Waals surface area (Å²) in [5, 5.41) is 7.61. The van der Waals surface area contributed by atoms with Crippen molar-refractivity contribution in [2.24, 2.45) is 0 Å². The van der Waals surface area contributed by atoms with Gasteiger partial charge in [-0.25, -0.2) is 16.8 Å². The standard InChI is InChI=1S/C52H60O4S3/c1-3-5-7-9-11-13-15-25-35-58(53,54)51-49(47-43-31-21-17-27-39(43)37-40-28-18-22-32-44(40)47)57-50(52(51)59(55,56)36-26-16-14-12-10-8-6-4-2)48-45-33-23-19-29-41(45)38-42-30-20-24-34-46(42)48/h17-24,27-34,37-38H,3-16,25-26,35-36H2,1-2H3. The lowest BCUT2D eigenvalue weighted by Crippen LogP contribution is -2.15. The van der Waals surface area contributed by atoms with Crippen molar-refractivity contribution in [2.45, 2.75) is 126 Å². The van der Waals surface area contributed by atoms with Crippen LogP contribution in [0.4, 0.5) is 0 Å². The summed E-state index contributed by atoms with van der Waals surface area (Å²) in [4.78, 5) is 1.05. The van der Waals surface area contributed by atoms with Crippen LogP contribution in [0.3, 0.4) is 0 Å². The van der Waals surface area contributed by atoms with E-state index in [0.717, 1.165) is 106 Å². The van der Waals surface area contributed by atoms with Crippen molar-refractivity contribution >= 4 is 74.1 Å². The van der Waals surface area contributed by atoms with Crippen molar-refractivity contribution in [1.82, 2.24) is 0 Å². The molecule has 0 aliphatic rings. The molecule has 0 saturated heterocycles. The van der Waals surface area contributed by atoms with Gasteiger partial charge in [-0.3, -0.25) is 0 Å². The molecule has 0 atom stereocenters. The van der Waals surface area contributed by atoms with Crippen molar-refractivity contribution in [2.75, 3.05) is 11.5 Å². The van der Waals surface area contributed by atoms with Crippen LogP contribution in [0.2, 0.25) is 0 Å². The molecule has 0 unspecified atom stereocenters. The van der Waals surface area contributed by atoms with Gasteiger partial charge in [-0.05, 0) is 68.1 Å². The molecule has 59 heavy (non-hydrogen) atoms. The number of rotatable bonds is 22. The summed E-state index contributed by atoms with van der Waals surface area (Å²) in [7, 11) is -8.20. The molecule has 0 fully saturated rings. The molecule has 6 aromatic carbocycles. The number of benzene rings is 6. The van der Waals surface area contributed by atoms with Crippen molar-refractivity contribution < 1.29 is 16.8 Å². The van der Waals surface area contributed by atoms with Crippen LogP contribution in [0, 0.1) is 0 Å². The highest BCUT2D eigenvalue weighted by Crippen LogP contribution is 2.53. The summed E-state index contributed by atoms with van der Waals surface area (Å²) in [5.41, 5.74) is 1.58. The van der Waals surface area contributed by atoms with Gasteiger partial charge in [-0.15, -0.1) is 11.3 Å². The first-order chi connectivity index (χ1) is 28.7. The molecule has 7 heteroatoms. The number of sulfone groups is 2. The zero-order valence-electron chi connectivity index (χ0n) is 35.0. The van der Waals surface area contributed by atoms with Gasteiger partial charge in [0.15, 0.2) is 19.7 Å². The number of thiophene rings is 1. The zero-order chi connectivity index (χ0) is 41.2. The van der Waals surface area contributed by atoms with Gasteiger partial charge in [0.2, 0.25) is 0 Å². The second-order valence-electron chi connectivity index (χ2n) is 16.4. The molecule has 7 aromatic rings. The van der Waals surface area contributed by atoms with E-state index in [1.54, 1.807) is 0 Å². The molecule has 4 nitrogen and oxygen atoms in total. The summed E-state index contributed by atoms with van der Waals surface area (Å²) >= 11 is 1.36. The quantitative estimate of drug-likeness (QED) is 0.0503. The van der Waals surface area contributed by atoms with E-state index in [0.29, 0.717) is 22.6 Å². The summed E-state index contributed by atoms with van der Waals surface area (Å²) in [5.74, 6) is -0.186. The van der Waals surface area contributed by atoms with Crippen molar-refractivity contribution in [3.63, 3.8) is 0 Å². The van der Waals surface area contributed by atoms with Gasteiger partial charge in [0.25, 0.3) is 0 Å². The molecule has 1 aromatic heterocycles. The van der Waals surface area contributed by atoms with Crippen molar-refractivity contribution in [1.29, 1.82) is 0 Å². The molecule has 310 valence electrons. The van der Waals surface area contributed by atoms with Crippen LogP contribution in [-0.2, 0) is 19.7 Å². The average Bonchev–Trinajstić information content (AvgIpc) is 3.65. The molecule has 0 spiro atoms. The average molecular weight is 845 g/mol. The molecule has 0 bridgehead atoms. The lowest BCUT2D eigenvalue weighted by molar-refractivity contribution is 0.566. The van der Waals surface area contributed by atoms with Gasteiger partial charge >= 0.3 is 0 Å². The van der Waals surface area contributed by atoms with Gasteiger partial charge in [0.1, 0.15) is 9.79 Å². The van der Waals surface area contributed by atoms with E-state index in [1.165, 1.54) is 49.9 Å². The second kappa shape index (κ2) is 20.0. The Balaban J connectivity index is 1.46. The van der Waals surface area contributed by atoms with Crippen LogP contribution in [0.25, 0.3) is 64.0 Å². The topological polar surface area (TPSA) is 68.3 Å². The summed E-state index contributed by atoms with van der Waals surface area (Å²) in [6, 6.07) is 36.7. The molecule has 7 rings (SSSR count).